The normalized spacial score (nSPS) is 13.6. The number of Topliss-reactive ketones (excluding diaryl/α,β-unsaturated/α-hetero) is 1. The van der Waals surface area contributed by atoms with Crippen molar-refractivity contribution in [2.24, 2.45) is 0 Å². The Hall–Kier alpha value is -2.27. The molecule has 2 aromatic heterocycles. The third-order valence-electron chi connectivity index (χ3n) is 3.87. The average Bonchev–Trinajstić information content (AvgIpc) is 3.14. The largest absolute Gasteiger partial charge is 0.438 e. The maximum absolute atomic E-state index is 11.7. The Balaban J connectivity index is 1.74. The lowest BCUT2D eigenvalue weighted by Gasteiger charge is -2.08. The zero-order valence-corrected chi connectivity index (χ0v) is 12.9. The fourth-order valence-corrected chi connectivity index (χ4v) is 3.49. The molecule has 4 nitrogen and oxygen atoms in total. The minimum Gasteiger partial charge on any atom is -0.438 e. The summed E-state index contributed by atoms with van der Waals surface area (Å²) in [6.07, 6.45) is 2.16. The lowest BCUT2D eigenvalue weighted by atomic mass is 10.1. The Bertz CT molecular complexity index is 885. The molecule has 1 aliphatic rings. The molecule has 110 valence electrons. The van der Waals surface area contributed by atoms with E-state index in [1.807, 2.05) is 36.6 Å². The molecule has 0 unspecified atom stereocenters. The van der Waals surface area contributed by atoms with E-state index in [4.69, 9.17) is 4.74 Å². The molecule has 3 aromatic rings. The van der Waals surface area contributed by atoms with E-state index < -0.39 is 0 Å². The number of fused-ring (bicyclic) bond motifs is 2. The molecular formula is C17H14N2O2S. The second-order valence-corrected chi connectivity index (χ2v) is 6.18. The van der Waals surface area contributed by atoms with Gasteiger partial charge in [0.25, 0.3) is 0 Å². The number of carbonyl (C=O) groups excluding carboxylic acids is 1. The van der Waals surface area contributed by atoms with Crippen LogP contribution in [0.2, 0.25) is 0 Å². The first-order valence-electron chi connectivity index (χ1n) is 7.32. The molecule has 0 aliphatic heterocycles. The van der Waals surface area contributed by atoms with Crippen molar-refractivity contribution < 1.29 is 9.53 Å². The lowest BCUT2D eigenvalue weighted by molar-refractivity contribution is 0.0994. The van der Waals surface area contributed by atoms with Crippen LogP contribution in [0.25, 0.3) is 10.2 Å². The maximum atomic E-state index is 11.7. The summed E-state index contributed by atoms with van der Waals surface area (Å²) in [6.45, 7) is 2.03. The average molecular weight is 310 g/mol. The Labute approximate surface area is 131 Å². The number of carbonyl (C=O) groups is 1. The second-order valence-electron chi connectivity index (χ2n) is 5.28. The molecule has 1 aromatic carbocycles. The number of benzene rings is 1. The number of aromatic nitrogens is 2. The fraction of sp³-hybridized carbons (Fsp3) is 0.235. The van der Waals surface area contributed by atoms with Crippen LogP contribution in [-0.2, 0) is 12.8 Å². The van der Waals surface area contributed by atoms with Crippen LogP contribution in [0.4, 0.5) is 0 Å². The maximum Gasteiger partial charge on any atom is 0.231 e. The molecule has 22 heavy (non-hydrogen) atoms. The molecule has 2 heterocycles. The summed E-state index contributed by atoms with van der Waals surface area (Å²) in [6, 6.07) is 7.62. The molecule has 0 bridgehead atoms. The predicted octanol–water partition coefficient (Wildman–Crippen LogP) is 4.17. The van der Waals surface area contributed by atoms with E-state index in [-0.39, 0.29) is 5.78 Å². The topological polar surface area (TPSA) is 52.1 Å². The van der Waals surface area contributed by atoms with Crippen molar-refractivity contribution in [3.8, 4) is 11.6 Å². The minimum atomic E-state index is 0.220. The van der Waals surface area contributed by atoms with E-state index >= 15 is 0 Å². The number of rotatable bonds is 3. The van der Waals surface area contributed by atoms with Gasteiger partial charge in [-0.05, 0) is 41.6 Å². The van der Waals surface area contributed by atoms with Crippen molar-refractivity contribution in [1.29, 1.82) is 0 Å². The molecule has 0 spiro atoms. The summed E-state index contributed by atoms with van der Waals surface area (Å²) in [7, 11) is 0. The quantitative estimate of drug-likeness (QED) is 0.728. The van der Waals surface area contributed by atoms with E-state index in [9.17, 15) is 4.79 Å². The van der Waals surface area contributed by atoms with Crippen LogP contribution in [-0.4, -0.2) is 15.8 Å². The molecule has 0 radical (unpaired) electrons. The van der Waals surface area contributed by atoms with Crippen molar-refractivity contribution in [2.75, 3.05) is 0 Å². The Morgan fingerprint density at radius 3 is 3.00 bits per heavy atom. The van der Waals surface area contributed by atoms with Gasteiger partial charge in [0.05, 0.1) is 5.39 Å². The third-order valence-corrected chi connectivity index (χ3v) is 4.67. The molecule has 0 saturated heterocycles. The molecule has 0 saturated carbocycles. The van der Waals surface area contributed by atoms with Crippen molar-refractivity contribution in [3.63, 3.8) is 0 Å². The van der Waals surface area contributed by atoms with Gasteiger partial charge in [-0.15, -0.1) is 11.3 Å². The number of thiophene rings is 1. The smallest absolute Gasteiger partial charge is 0.231 e. The predicted molar refractivity (Wildman–Crippen MR) is 86.0 cm³/mol. The lowest BCUT2D eigenvalue weighted by Crippen LogP contribution is -1.97. The van der Waals surface area contributed by atoms with Gasteiger partial charge in [0.1, 0.15) is 16.4 Å². The van der Waals surface area contributed by atoms with Crippen LogP contribution < -0.4 is 4.74 Å². The van der Waals surface area contributed by atoms with Gasteiger partial charge in [0, 0.05) is 18.4 Å². The third kappa shape index (κ3) is 2.18. The molecule has 0 fully saturated rings. The van der Waals surface area contributed by atoms with Crippen LogP contribution in [0.3, 0.4) is 0 Å². The van der Waals surface area contributed by atoms with Gasteiger partial charge in [-0.25, -0.2) is 4.98 Å². The molecule has 0 atom stereocenters. The van der Waals surface area contributed by atoms with Crippen molar-refractivity contribution in [2.45, 2.75) is 26.2 Å². The van der Waals surface area contributed by atoms with E-state index in [1.165, 1.54) is 0 Å². The van der Waals surface area contributed by atoms with Crippen LogP contribution in [0, 0.1) is 0 Å². The summed E-state index contributed by atoms with van der Waals surface area (Å²) in [5.74, 6) is 2.31. The van der Waals surface area contributed by atoms with Gasteiger partial charge >= 0.3 is 0 Å². The van der Waals surface area contributed by atoms with E-state index in [0.29, 0.717) is 12.3 Å². The number of ketones is 1. The number of aryl methyl sites for hydroxylation is 2. The van der Waals surface area contributed by atoms with Crippen molar-refractivity contribution in [1.82, 2.24) is 9.97 Å². The Morgan fingerprint density at radius 1 is 1.23 bits per heavy atom. The summed E-state index contributed by atoms with van der Waals surface area (Å²) in [5, 5.41) is 2.92. The minimum absolute atomic E-state index is 0.220. The fourth-order valence-electron chi connectivity index (χ4n) is 2.71. The van der Waals surface area contributed by atoms with Crippen LogP contribution in [0.15, 0.2) is 29.6 Å². The first-order chi connectivity index (χ1) is 10.7. The van der Waals surface area contributed by atoms with E-state index in [2.05, 4.69) is 9.97 Å². The second kappa shape index (κ2) is 5.18. The van der Waals surface area contributed by atoms with Gasteiger partial charge < -0.3 is 4.74 Å². The molecule has 0 amide bonds. The van der Waals surface area contributed by atoms with Crippen molar-refractivity contribution >= 4 is 27.3 Å². The zero-order chi connectivity index (χ0) is 15.1. The summed E-state index contributed by atoms with van der Waals surface area (Å²) in [5.41, 5.74) is 1.89. The Kier molecular flexibility index (Phi) is 3.15. The summed E-state index contributed by atoms with van der Waals surface area (Å²) >= 11 is 1.59. The highest BCUT2D eigenvalue weighted by atomic mass is 32.1. The SMILES string of the molecule is CCc1nc(Oc2ccc3c(c2)CCC3=O)c2ccsc2n1. The van der Waals surface area contributed by atoms with Crippen LogP contribution in [0.5, 0.6) is 11.6 Å². The van der Waals surface area contributed by atoms with Gasteiger partial charge in [-0.1, -0.05) is 6.92 Å². The number of hydrogen-bond acceptors (Lipinski definition) is 5. The highest BCUT2D eigenvalue weighted by molar-refractivity contribution is 7.16. The van der Waals surface area contributed by atoms with Gasteiger partial charge in [-0.2, -0.15) is 4.98 Å². The molecule has 5 heteroatoms. The highest BCUT2D eigenvalue weighted by Crippen LogP contribution is 2.32. The first kappa shape index (κ1) is 13.4. The van der Waals surface area contributed by atoms with E-state index in [0.717, 1.165) is 45.8 Å². The summed E-state index contributed by atoms with van der Waals surface area (Å²) in [4.78, 5) is 21.6. The van der Waals surface area contributed by atoms with Gasteiger partial charge in [0.2, 0.25) is 5.88 Å². The number of ether oxygens (including phenoxy) is 1. The van der Waals surface area contributed by atoms with Crippen molar-refractivity contribution in [3.05, 3.63) is 46.6 Å². The summed E-state index contributed by atoms with van der Waals surface area (Å²) < 4.78 is 6.00. The first-order valence-corrected chi connectivity index (χ1v) is 8.20. The van der Waals surface area contributed by atoms with Gasteiger partial charge in [-0.3, -0.25) is 4.79 Å². The molecular weight excluding hydrogens is 296 g/mol. The zero-order valence-electron chi connectivity index (χ0n) is 12.1. The van der Waals surface area contributed by atoms with Gasteiger partial charge in [0.15, 0.2) is 5.78 Å². The monoisotopic (exact) mass is 310 g/mol. The standard InChI is InChI=1S/C17H14N2O2S/c1-2-15-18-16(13-7-8-22-17(13)19-15)21-11-4-5-12-10(9-11)3-6-14(12)20/h4-5,7-9H,2-3,6H2,1H3. The van der Waals surface area contributed by atoms with Crippen LogP contribution in [0.1, 0.15) is 35.1 Å². The molecule has 4 rings (SSSR count). The van der Waals surface area contributed by atoms with Crippen LogP contribution >= 0.6 is 11.3 Å². The Morgan fingerprint density at radius 2 is 2.14 bits per heavy atom. The molecule has 0 N–H and O–H groups in total. The number of nitrogens with zero attached hydrogens (tertiary/aromatic N) is 2. The number of hydrogen-bond donors (Lipinski definition) is 0. The highest BCUT2D eigenvalue weighted by Gasteiger charge is 2.20. The van der Waals surface area contributed by atoms with E-state index in [1.54, 1.807) is 11.3 Å². The molecule has 1 aliphatic carbocycles.